The average molecular weight is 583 g/mol. The minimum absolute atomic E-state index is 0.0438. The summed E-state index contributed by atoms with van der Waals surface area (Å²) in [5, 5.41) is 0. The fourth-order valence-electron chi connectivity index (χ4n) is 4.57. The molecule has 2 aromatic carbocycles. The molecule has 230 valence electrons. The first-order chi connectivity index (χ1) is 18.7. The van der Waals surface area contributed by atoms with Crippen LogP contribution < -0.4 is 9.05 Å². The number of unbranched alkanes of at least 4 members (excludes halogenated alkanes) is 3. The Morgan fingerprint density at radius 3 is 1.44 bits per heavy atom. The minimum atomic E-state index is -1.73. The molecule has 41 heavy (non-hydrogen) atoms. The molecule has 0 aliphatic heterocycles. The molecule has 0 fully saturated rings. The van der Waals surface area contributed by atoms with E-state index in [1.54, 1.807) is 0 Å². The van der Waals surface area contributed by atoms with Crippen molar-refractivity contribution < 1.29 is 13.6 Å². The second-order valence-electron chi connectivity index (χ2n) is 15.7. The summed E-state index contributed by atoms with van der Waals surface area (Å²) in [6.45, 7) is 33.8. The Labute approximate surface area is 254 Å². The summed E-state index contributed by atoms with van der Waals surface area (Å²) in [5.41, 5.74) is 5.84. The maximum Gasteiger partial charge on any atom is 0.463 e. The number of rotatable bonds is 12. The van der Waals surface area contributed by atoms with E-state index < -0.39 is 8.60 Å². The van der Waals surface area contributed by atoms with Gasteiger partial charge in [-0.1, -0.05) is 146 Å². The van der Waals surface area contributed by atoms with Gasteiger partial charge in [0.05, 0.1) is 6.61 Å². The van der Waals surface area contributed by atoms with E-state index in [0.29, 0.717) is 6.61 Å². The summed E-state index contributed by atoms with van der Waals surface area (Å²) in [5.74, 6) is 1.63. The summed E-state index contributed by atoms with van der Waals surface area (Å²) in [4.78, 5) is 0. The van der Waals surface area contributed by atoms with Gasteiger partial charge in [0.25, 0.3) is 0 Å². The maximum absolute atomic E-state index is 6.68. The van der Waals surface area contributed by atoms with Crippen molar-refractivity contribution in [1.82, 2.24) is 0 Å². The lowest BCUT2D eigenvalue weighted by atomic mass is 9.80. The topological polar surface area (TPSA) is 27.7 Å². The van der Waals surface area contributed by atoms with Crippen LogP contribution in [-0.2, 0) is 26.2 Å². The smallest absolute Gasteiger partial charge is 0.417 e. The molecule has 0 N–H and O–H groups in total. The summed E-state index contributed by atoms with van der Waals surface area (Å²) in [6.07, 6.45) is 5.81. The van der Waals surface area contributed by atoms with Crippen LogP contribution in [0, 0.1) is 0 Å². The Bertz CT molecular complexity index is 1060. The third-order valence-corrected chi connectivity index (χ3v) is 8.44. The zero-order valence-corrected chi connectivity index (χ0v) is 29.5. The van der Waals surface area contributed by atoms with E-state index >= 15 is 0 Å². The normalized spacial score (nSPS) is 13.0. The molecule has 0 heterocycles. The van der Waals surface area contributed by atoms with E-state index in [9.17, 15) is 0 Å². The third kappa shape index (κ3) is 11.1. The summed E-state index contributed by atoms with van der Waals surface area (Å²) < 4.78 is 19.8. The van der Waals surface area contributed by atoms with E-state index in [2.05, 4.69) is 133 Å². The Kier molecular flexibility index (Phi) is 12.2. The van der Waals surface area contributed by atoms with Crippen molar-refractivity contribution in [3.63, 3.8) is 0 Å². The molecule has 0 aliphatic carbocycles. The molecule has 2 aromatic rings. The van der Waals surface area contributed by atoms with Gasteiger partial charge in [0.15, 0.2) is 0 Å². The van der Waals surface area contributed by atoms with Crippen LogP contribution in [0.15, 0.2) is 48.6 Å². The van der Waals surface area contributed by atoms with Crippen molar-refractivity contribution in [3.05, 3.63) is 70.8 Å². The molecule has 0 saturated heterocycles. The SMILES string of the molecule is C=C(CCCCCC)COP(Oc1ccc(C(C)(C)C)cc1C(C)(C)C)Oc1ccc(C(C)(C)C)cc1C(C)(C)C. The highest BCUT2D eigenvalue weighted by Gasteiger charge is 2.29. The first-order valence-electron chi connectivity index (χ1n) is 15.5. The fourth-order valence-corrected chi connectivity index (χ4v) is 5.64. The lowest BCUT2D eigenvalue weighted by Gasteiger charge is -2.30. The van der Waals surface area contributed by atoms with Crippen molar-refractivity contribution >= 4 is 8.60 Å². The molecule has 4 heteroatoms. The molecule has 2 rings (SSSR count). The van der Waals surface area contributed by atoms with Crippen LogP contribution >= 0.6 is 8.60 Å². The zero-order chi connectivity index (χ0) is 31.2. The van der Waals surface area contributed by atoms with Crippen molar-refractivity contribution in [2.24, 2.45) is 0 Å². The molecule has 0 saturated carbocycles. The number of hydrogen-bond donors (Lipinski definition) is 0. The monoisotopic (exact) mass is 582 g/mol. The van der Waals surface area contributed by atoms with Crippen molar-refractivity contribution in [2.75, 3.05) is 6.61 Å². The quantitative estimate of drug-likeness (QED) is 0.141. The minimum Gasteiger partial charge on any atom is -0.417 e. The molecule has 3 nitrogen and oxygen atoms in total. The molecular formula is C37H59O3P. The van der Waals surface area contributed by atoms with Gasteiger partial charge in [0.1, 0.15) is 11.5 Å². The first-order valence-corrected chi connectivity index (χ1v) is 16.6. The van der Waals surface area contributed by atoms with Crippen LogP contribution in [0.1, 0.15) is 144 Å². The highest BCUT2D eigenvalue weighted by Crippen LogP contribution is 2.48. The predicted octanol–water partition coefficient (Wildman–Crippen LogP) is 12.1. The fraction of sp³-hybridized carbons (Fsp3) is 0.622. The van der Waals surface area contributed by atoms with Gasteiger partial charge in [0.2, 0.25) is 0 Å². The van der Waals surface area contributed by atoms with Gasteiger partial charge in [-0.25, -0.2) is 0 Å². The van der Waals surface area contributed by atoms with Crippen LogP contribution in [0.5, 0.6) is 11.5 Å². The lowest BCUT2D eigenvalue weighted by Crippen LogP contribution is -2.18. The molecule has 0 radical (unpaired) electrons. The van der Waals surface area contributed by atoms with Crippen LogP contribution in [0.2, 0.25) is 0 Å². The number of benzene rings is 2. The van der Waals surface area contributed by atoms with E-state index in [4.69, 9.17) is 13.6 Å². The molecule has 0 spiro atoms. The van der Waals surface area contributed by atoms with Crippen molar-refractivity contribution in [2.45, 2.75) is 144 Å². The van der Waals surface area contributed by atoms with Gasteiger partial charge < -0.3 is 9.05 Å². The van der Waals surface area contributed by atoms with Crippen molar-refractivity contribution in [3.8, 4) is 11.5 Å². The van der Waals surface area contributed by atoms with Gasteiger partial charge in [-0.2, -0.15) is 0 Å². The Morgan fingerprint density at radius 1 is 0.634 bits per heavy atom. The maximum atomic E-state index is 6.68. The molecule has 0 bridgehead atoms. The average Bonchev–Trinajstić information content (AvgIpc) is 2.83. The molecule has 0 atom stereocenters. The van der Waals surface area contributed by atoms with Gasteiger partial charge >= 0.3 is 8.60 Å². The van der Waals surface area contributed by atoms with Crippen molar-refractivity contribution in [1.29, 1.82) is 0 Å². The molecule has 0 aromatic heterocycles. The predicted molar refractivity (Wildman–Crippen MR) is 180 cm³/mol. The summed E-state index contributed by atoms with van der Waals surface area (Å²) >= 11 is 0. The van der Waals surface area contributed by atoms with E-state index in [0.717, 1.165) is 41.0 Å². The van der Waals surface area contributed by atoms with Crippen LogP contribution in [0.4, 0.5) is 0 Å². The van der Waals surface area contributed by atoms with E-state index in [1.807, 2.05) is 0 Å². The Balaban J connectivity index is 2.47. The summed E-state index contributed by atoms with van der Waals surface area (Å²) in [6, 6.07) is 13.1. The third-order valence-electron chi connectivity index (χ3n) is 7.41. The zero-order valence-electron chi connectivity index (χ0n) is 28.6. The van der Waals surface area contributed by atoms with Gasteiger partial charge in [-0.15, -0.1) is 0 Å². The van der Waals surface area contributed by atoms with Crippen LogP contribution in [-0.4, -0.2) is 6.61 Å². The van der Waals surface area contributed by atoms with Crippen LogP contribution in [0.3, 0.4) is 0 Å². The van der Waals surface area contributed by atoms with E-state index in [1.165, 1.54) is 30.4 Å². The first kappa shape index (κ1) is 35.4. The van der Waals surface area contributed by atoms with Gasteiger partial charge in [0, 0.05) is 11.1 Å². The number of hydrogen-bond acceptors (Lipinski definition) is 3. The standard InChI is InChI=1S/C37H59O3P/c1-15-16-17-18-19-27(2)26-38-41(39-32-22-20-28(34(3,4)5)24-30(32)36(9,10)11)40-33-23-21-29(35(6,7)8)25-31(33)37(12,13)14/h20-25H,2,15-19,26H2,1,3-14H3. The second kappa shape index (κ2) is 14.1. The lowest BCUT2D eigenvalue weighted by molar-refractivity contribution is 0.281. The Hall–Kier alpha value is -1.83. The molecule has 0 aliphatic rings. The molecule has 0 unspecified atom stereocenters. The summed E-state index contributed by atoms with van der Waals surface area (Å²) in [7, 11) is -1.73. The highest BCUT2D eigenvalue weighted by atomic mass is 31.2. The highest BCUT2D eigenvalue weighted by molar-refractivity contribution is 7.42. The molecule has 0 amide bonds. The van der Waals surface area contributed by atoms with E-state index in [-0.39, 0.29) is 21.7 Å². The van der Waals surface area contributed by atoms with Gasteiger partial charge in [-0.3, -0.25) is 4.52 Å². The Morgan fingerprint density at radius 2 is 1.07 bits per heavy atom. The molecular weight excluding hydrogens is 523 g/mol. The van der Waals surface area contributed by atoms with Crippen LogP contribution in [0.25, 0.3) is 0 Å². The largest absolute Gasteiger partial charge is 0.463 e. The second-order valence-corrected chi connectivity index (χ2v) is 16.7. The van der Waals surface area contributed by atoms with Gasteiger partial charge in [-0.05, 0) is 57.8 Å².